The topological polar surface area (TPSA) is 40.5 Å². The summed E-state index contributed by atoms with van der Waals surface area (Å²) in [5.41, 5.74) is 0. The maximum atomic E-state index is 11.1. The van der Waals surface area contributed by atoms with Crippen molar-refractivity contribution >= 4 is 5.97 Å². The molecule has 0 aromatic rings. The van der Waals surface area contributed by atoms with Crippen molar-refractivity contribution in [3.8, 4) is 0 Å². The summed E-state index contributed by atoms with van der Waals surface area (Å²) in [6, 6.07) is 0.945. The highest BCUT2D eigenvalue weighted by atomic mass is 16.4. The van der Waals surface area contributed by atoms with E-state index < -0.39 is 5.97 Å². The van der Waals surface area contributed by atoms with Gasteiger partial charge in [0.1, 0.15) is 0 Å². The molecule has 2 unspecified atom stereocenters. The van der Waals surface area contributed by atoms with Crippen LogP contribution in [0, 0.1) is 5.92 Å². The van der Waals surface area contributed by atoms with Crippen LogP contribution in [0.1, 0.15) is 44.9 Å². The number of carboxylic acids is 1. The van der Waals surface area contributed by atoms with Crippen LogP contribution in [0.2, 0.25) is 0 Å². The van der Waals surface area contributed by atoms with Crippen molar-refractivity contribution in [1.29, 1.82) is 0 Å². The van der Waals surface area contributed by atoms with Gasteiger partial charge in [0, 0.05) is 12.1 Å². The lowest BCUT2D eigenvalue weighted by Crippen LogP contribution is -2.43. The number of aliphatic carboxylic acids is 1. The van der Waals surface area contributed by atoms with Gasteiger partial charge in [-0.1, -0.05) is 19.3 Å². The van der Waals surface area contributed by atoms with Crippen molar-refractivity contribution in [3.05, 3.63) is 0 Å². The van der Waals surface area contributed by atoms with E-state index in [0.717, 1.165) is 19.3 Å². The van der Waals surface area contributed by atoms with Crippen LogP contribution in [0.4, 0.5) is 0 Å². The van der Waals surface area contributed by atoms with Crippen LogP contribution in [-0.4, -0.2) is 35.1 Å². The van der Waals surface area contributed by atoms with Crippen molar-refractivity contribution in [3.63, 3.8) is 0 Å². The molecule has 0 spiro atoms. The van der Waals surface area contributed by atoms with Gasteiger partial charge in [-0.3, -0.25) is 9.69 Å². The first-order chi connectivity index (χ1) is 7.20. The summed E-state index contributed by atoms with van der Waals surface area (Å²) in [6.45, 7) is 0. The summed E-state index contributed by atoms with van der Waals surface area (Å²) in [5, 5.41) is 9.15. The lowest BCUT2D eigenvalue weighted by molar-refractivity contribution is -0.143. The SMILES string of the molecule is CN(C1CCCC1)C1CCCC1C(=O)O. The van der Waals surface area contributed by atoms with E-state index in [1.807, 2.05) is 0 Å². The summed E-state index contributed by atoms with van der Waals surface area (Å²) in [5.74, 6) is -0.710. The van der Waals surface area contributed by atoms with Crippen LogP contribution in [0.5, 0.6) is 0 Å². The molecule has 0 aromatic heterocycles. The second-order valence-electron chi connectivity index (χ2n) is 5.05. The molecular formula is C12H21NO2. The zero-order valence-electron chi connectivity index (χ0n) is 9.48. The van der Waals surface area contributed by atoms with Gasteiger partial charge in [0.25, 0.3) is 0 Å². The highest BCUT2D eigenvalue weighted by Crippen LogP contribution is 2.34. The normalized spacial score (nSPS) is 32.7. The number of nitrogens with zero attached hydrogens (tertiary/aromatic N) is 1. The molecule has 3 nitrogen and oxygen atoms in total. The Morgan fingerprint density at radius 2 is 1.80 bits per heavy atom. The first-order valence-electron chi connectivity index (χ1n) is 6.15. The zero-order valence-corrected chi connectivity index (χ0v) is 9.48. The smallest absolute Gasteiger partial charge is 0.308 e. The fraction of sp³-hybridized carbons (Fsp3) is 0.917. The molecule has 0 bridgehead atoms. The predicted octanol–water partition coefficient (Wildman–Crippen LogP) is 2.11. The van der Waals surface area contributed by atoms with Crippen LogP contribution in [0.15, 0.2) is 0 Å². The molecule has 0 aliphatic heterocycles. The Labute approximate surface area is 91.5 Å². The van der Waals surface area contributed by atoms with Gasteiger partial charge in [0.15, 0.2) is 0 Å². The minimum Gasteiger partial charge on any atom is -0.481 e. The van der Waals surface area contributed by atoms with Gasteiger partial charge in [-0.15, -0.1) is 0 Å². The summed E-state index contributed by atoms with van der Waals surface area (Å²) in [6.07, 6.45) is 8.19. The van der Waals surface area contributed by atoms with Gasteiger partial charge in [-0.05, 0) is 32.7 Å². The molecule has 2 saturated carbocycles. The molecule has 0 radical (unpaired) electrons. The van der Waals surface area contributed by atoms with E-state index in [-0.39, 0.29) is 5.92 Å². The molecule has 2 aliphatic carbocycles. The van der Waals surface area contributed by atoms with Gasteiger partial charge in [0.05, 0.1) is 5.92 Å². The van der Waals surface area contributed by atoms with E-state index >= 15 is 0 Å². The first-order valence-corrected chi connectivity index (χ1v) is 6.15. The Hall–Kier alpha value is -0.570. The summed E-state index contributed by atoms with van der Waals surface area (Å²) in [7, 11) is 2.13. The average Bonchev–Trinajstić information content (AvgIpc) is 2.88. The molecule has 0 saturated heterocycles. The molecule has 0 heterocycles. The Morgan fingerprint density at radius 3 is 2.40 bits per heavy atom. The molecule has 15 heavy (non-hydrogen) atoms. The standard InChI is InChI=1S/C12H21NO2/c1-13(9-5-2-3-6-9)11-8-4-7-10(11)12(14)15/h9-11H,2-8H2,1H3,(H,14,15). The second-order valence-corrected chi connectivity index (χ2v) is 5.05. The van der Waals surface area contributed by atoms with Crippen molar-refractivity contribution in [2.24, 2.45) is 5.92 Å². The summed E-state index contributed by atoms with van der Waals surface area (Å²) < 4.78 is 0. The molecule has 0 aromatic carbocycles. The third-order valence-electron chi connectivity index (χ3n) is 4.22. The van der Waals surface area contributed by atoms with E-state index in [1.165, 1.54) is 25.7 Å². The van der Waals surface area contributed by atoms with Crippen LogP contribution >= 0.6 is 0 Å². The van der Waals surface area contributed by atoms with E-state index in [1.54, 1.807) is 0 Å². The van der Waals surface area contributed by atoms with Crippen LogP contribution in [-0.2, 0) is 4.79 Å². The molecule has 2 aliphatic rings. The predicted molar refractivity (Wildman–Crippen MR) is 58.8 cm³/mol. The fourth-order valence-corrected chi connectivity index (χ4v) is 3.30. The number of hydrogen-bond donors (Lipinski definition) is 1. The fourth-order valence-electron chi connectivity index (χ4n) is 3.30. The van der Waals surface area contributed by atoms with Gasteiger partial charge in [-0.25, -0.2) is 0 Å². The summed E-state index contributed by atoms with van der Waals surface area (Å²) in [4.78, 5) is 13.5. The van der Waals surface area contributed by atoms with Gasteiger partial charge >= 0.3 is 5.97 Å². The van der Waals surface area contributed by atoms with E-state index in [4.69, 9.17) is 5.11 Å². The summed E-state index contributed by atoms with van der Waals surface area (Å²) >= 11 is 0. The molecular weight excluding hydrogens is 190 g/mol. The zero-order chi connectivity index (χ0) is 10.8. The number of hydrogen-bond acceptors (Lipinski definition) is 2. The number of rotatable bonds is 3. The molecule has 0 amide bonds. The quantitative estimate of drug-likeness (QED) is 0.777. The Bertz CT molecular complexity index is 236. The van der Waals surface area contributed by atoms with Crippen molar-refractivity contribution in [1.82, 2.24) is 4.90 Å². The van der Waals surface area contributed by atoms with Crippen molar-refractivity contribution < 1.29 is 9.90 Å². The molecule has 86 valence electrons. The minimum absolute atomic E-state index is 0.115. The molecule has 2 atom stereocenters. The monoisotopic (exact) mass is 211 g/mol. The Balaban J connectivity index is 1.98. The average molecular weight is 211 g/mol. The van der Waals surface area contributed by atoms with E-state index in [9.17, 15) is 4.79 Å². The molecule has 1 N–H and O–H groups in total. The maximum absolute atomic E-state index is 11.1. The Morgan fingerprint density at radius 1 is 1.13 bits per heavy atom. The minimum atomic E-state index is -0.595. The van der Waals surface area contributed by atoms with Crippen LogP contribution in [0.25, 0.3) is 0 Å². The largest absolute Gasteiger partial charge is 0.481 e. The van der Waals surface area contributed by atoms with Crippen molar-refractivity contribution in [2.75, 3.05) is 7.05 Å². The van der Waals surface area contributed by atoms with Gasteiger partial charge in [0.2, 0.25) is 0 Å². The first kappa shape index (κ1) is 10.9. The Kier molecular flexibility index (Phi) is 3.29. The van der Waals surface area contributed by atoms with Crippen LogP contribution < -0.4 is 0 Å². The third-order valence-corrected chi connectivity index (χ3v) is 4.22. The van der Waals surface area contributed by atoms with E-state index in [2.05, 4.69) is 11.9 Å². The lowest BCUT2D eigenvalue weighted by Gasteiger charge is -2.32. The highest BCUT2D eigenvalue weighted by Gasteiger charge is 2.38. The van der Waals surface area contributed by atoms with Crippen LogP contribution in [0.3, 0.4) is 0 Å². The molecule has 2 rings (SSSR count). The highest BCUT2D eigenvalue weighted by molar-refractivity contribution is 5.71. The number of carbonyl (C=O) groups is 1. The maximum Gasteiger partial charge on any atom is 0.308 e. The van der Waals surface area contributed by atoms with Gasteiger partial charge < -0.3 is 5.11 Å². The lowest BCUT2D eigenvalue weighted by atomic mass is 10.0. The van der Waals surface area contributed by atoms with Gasteiger partial charge in [-0.2, -0.15) is 0 Å². The third kappa shape index (κ3) is 2.17. The second kappa shape index (κ2) is 4.52. The van der Waals surface area contributed by atoms with Crippen molar-refractivity contribution in [2.45, 2.75) is 57.0 Å². The number of carboxylic acid groups (broad SMARTS) is 1. The van der Waals surface area contributed by atoms with E-state index in [0.29, 0.717) is 12.1 Å². The molecule has 3 heteroatoms. The molecule has 2 fully saturated rings.